The second kappa shape index (κ2) is 4.60. The fraction of sp³-hybridized carbons (Fsp3) is 0.556. The minimum absolute atomic E-state index is 0.324. The van der Waals surface area contributed by atoms with Crippen LogP contribution in [0, 0.1) is 5.92 Å². The number of hydrogen-bond donors (Lipinski definition) is 2. The zero-order valence-corrected chi connectivity index (χ0v) is 8.40. The molecule has 0 aliphatic carbocycles. The summed E-state index contributed by atoms with van der Waals surface area (Å²) in [6, 6.07) is 4.51. The molecule has 1 aromatic rings. The summed E-state index contributed by atoms with van der Waals surface area (Å²) in [6.45, 7) is 4.41. The van der Waals surface area contributed by atoms with Crippen LogP contribution in [0.25, 0.3) is 0 Å². The fourth-order valence-corrected chi connectivity index (χ4v) is 2.03. The third-order valence-electron chi connectivity index (χ3n) is 1.79. The first-order valence-electron chi connectivity index (χ1n) is 4.23. The zero-order chi connectivity index (χ0) is 8.97. The summed E-state index contributed by atoms with van der Waals surface area (Å²) in [7, 11) is 0. The molecule has 0 saturated heterocycles. The van der Waals surface area contributed by atoms with Crippen LogP contribution in [-0.4, -0.2) is 0 Å². The topological polar surface area (TPSA) is 38.0 Å². The Morgan fingerprint density at radius 1 is 1.58 bits per heavy atom. The lowest BCUT2D eigenvalue weighted by Crippen LogP contribution is -2.28. The Morgan fingerprint density at radius 2 is 2.33 bits per heavy atom. The van der Waals surface area contributed by atoms with E-state index >= 15 is 0 Å². The van der Waals surface area contributed by atoms with Crippen LogP contribution in [0.2, 0.25) is 0 Å². The molecule has 0 aliphatic rings. The second-order valence-corrected chi connectivity index (χ2v) is 4.34. The van der Waals surface area contributed by atoms with Crippen molar-refractivity contribution >= 4 is 11.3 Å². The van der Waals surface area contributed by atoms with Gasteiger partial charge in [0.2, 0.25) is 0 Å². The van der Waals surface area contributed by atoms with Gasteiger partial charge in [0.1, 0.15) is 0 Å². The minimum Gasteiger partial charge on any atom is -0.271 e. The summed E-state index contributed by atoms with van der Waals surface area (Å²) in [5, 5.41) is 2.08. The molecule has 3 N–H and O–H groups in total. The van der Waals surface area contributed by atoms with Gasteiger partial charge in [-0.3, -0.25) is 11.3 Å². The Kier molecular flexibility index (Phi) is 3.72. The summed E-state index contributed by atoms with van der Waals surface area (Å²) >= 11 is 1.76. The van der Waals surface area contributed by atoms with Crippen LogP contribution in [-0.2, 0) is 0 Å². The predicted molar refractivity (Wildman–Crippen MR) is 53.8 cm³/mol. The van der Waals surface area contributed by atoms with Crippen LogP contribution in [0.3, 0.4) is 0 Å². The van der Waals surface area contributed by atoms with Gasteiger partial charge < -0.3 is 0 Å². The lowest BCUT2D eigenvalue weighted by molar-refractivity contribution is 0.443. The normalized spacial score (nSPS) is 13.7. The molecule has 1 aromatic heterocycles. The van der Waals surface area contributed by atoms with E-state index in [9.17, 15) is 0 Å². The molecule has 0 bridgehead atoms. The molecule has 1 rings (SSSR count). The highest BCUT2D eigenvalue weighted by Crippen LogP contribution is 2.23. The molecular formula is C9H16N2S. The second-order valence-electron chi connectivity index (χ2n) is 3.36. The number of rotatable bonds is 4. The minimum atomic E-state index is 0.324. The zero-order valence-electron chi connectivity index (χ0n) is 7.58. The Bertz CT molecular complexity index is 206. The van der Waals surface area contributed by atoms with E-state index in [-0.39, 0.29) is 0 Å². The van der Waals surface area contributed by atoms with E-state index in [1.54, 1.807) is 11.3 Å². The summed E-state index contributed by atoms with van der Waals surface area (Å²) in [6.07, 6.45) is 1.09. The van der Waals surface area contributed by atoms with Gasteiger partial charge in [0.05, 0.1) is 6.04 Å². The third-order valence-corrected chi connectivity index (χ3v) is 2.78. The van der Waals surface area contributed by atoms with Gasteiger partial charge in [-0.05, 0) is 23.8 Å². The molecule has 0 fully saturated rings. The Morgan fingerprint density at radius 3 is 2.75 bits per heavy atom. The van der Waals surface area contributed by atoms with Crippen LogP contribution in [0.5, 0.6) is 0 Å². The molecule has 0 radical (unpaired) electrons. The Balaban J connectivity index is 2.57. The van der Waals surface area contributed by atoms with Crippen molar-refractivity contribution in [3.8, 4) is 0 Å². The highest BCUT2D eigenvalue weighted by atomic mass is 32.1. The van der Waals surface area contributed by atoms with Gasteiger partial charge in [-0.1, -0.05) is 19.9 Å². The third kappa shape index (κ3) is 2.59. The molecule has 1 heterocycles. The largest absolute Gasteiger partial charge is 0.271 e. The van der Waals surface area contributed by atoms with Gasteiger partial charge >= 0.3 is 0 Å². The quantitative estimate of drug-likeness (QED) is 0.556. The Labute approximate surface area is 77.8 Å². The van der Waals surface area contributed by atoms with E-state index in [2.05, 4.69) is 36.8 Å². The molecule has 1 unspecified atom stereocenters. The maximum Gasteiger partial charge on any atom is 0.0555 e. The van der Waals surface area contributed by atoms with Crippen LogP contribution in [0.15, 0.2) is 17.5 Å². The maximum absolute atomic E-state index is 5.47. The average Bonchev–Trinajstić information content (AvgIpc) is 2.51. The lowest BCUT2D eigenvalue weighted by atomic mass is 10.0. The Hall–Kier alpha value is -0.380. The fourth-order valence-electron chi connectivity index (χ4n) is 1.23. The molecule has 3 heteroatoms. The highest BCUT2D eigenvalue weighted by molar-refractivity contribution is 7.10. The molecule has 68 valence electrons. The molecule has 0 amide bonds. The highest BCUT2D eigenvalue weighted by Gasteiger charge is 2.11. The number of hydrazine groups is 1. The van der Waals surface area contributed by atoms with Crippen molar-refractivity contribution in [2.45, 2.75) is 26.3 Å². The van der Waals surface area contributed by atoms with Crippen molar-refractivity contribution in [2.75, 3.05) is 0 Å². The maximum atomic E-state index is 5.47. The van der Waals surface area contributed by atoms with Gasteiger partial charge in [0, 0.05) is 4.88 Å². The molecule has 0 aliphatic heterocycles. The van der Waals surface area contributed by atoms with E-state index in [0.29, 0.717) is 12.0 Å². The van der Waals surface area contributed by atoms with Crippen molar-refractivity contribution in [2.24, 2.45) is 11.8 Å². The van der Waals surface area contributed by atoms with Crippen molar-refractivity contribution in [1.29, 1.82) is 0 Å². The van der Waals surface area contributed by atoms with Crippen LogP contribution < -0.4 is 11.3 Å². The number of hydrogen-bond acceptors (Lipinski definition) is 3. The number of thiophene rings is 1. The molecule has 12 heavy (non-hydrogen) atoms. The first kappa shape index (κ1) is 9.71. The molecule has 2 nitrogen and oxygen atoms in total. The van der Waals surface area contributed by atoms with Crippen molar-refractivity contribution in [3.63, 3.8) is 0 Å². The van der Waals surface area contributed by atoms with Gasteiger partial charge in [-0.15, -0.1) is 11.3 Å². The lowest BCUT2D eigenvalue weighted by Gasteiger charge is -2.15. The van der Waals surface area contributed by atoms with E-state index in [1.807, 2.05) is 0 Å². The van der Waals surface area contributed by atoms with Crippen molar-refractivity contribution in [3.05, 3.63) is 22.4 Å². The molecule has 1 atom stereocenters. The van der Waals surface area contributed by atoms with Crippen LogP contribution in [0.4, 0.5) is 0 Å². The number of nitrogens with two attached hydrogens (primary N) is 1. The van der Waals surface area contributed by atoms with Gasteiger partial charge in [-0.2, -0.15) is 0 Å². The van der Waals surface area contributed by atoms with E-state index < -0.39 is 0 Å². The summed E-state index contributed by atoms with van der Waals surface area (Å²) in [5.74, 6) is 6.14. The molecular weight excluding hydrogens is 168 g/mol. The van der Waals surface area contributed by atoms with Crippen molar-refractivity contribution < 1.29 is 0 Å². The standard InChI is InChI=1S/C9H16N2S/c1-7(2)6-8(11-10)9-4-3-5-12-9/h3-5,7-8,11H,6,10H2,1-2H3. The van der Waals surface area contributed by atoms with E-state index in [4.69, 9.17) is 5.84 Å². The van der Waals surface area contributed by atoms with Gasteiger partial charge in [0.25, 0.3) is 0 Å². The van der Waals surface area contributed by atoms with Gasteiger partial charge in [-0.25, -0.2) is 0 Å². The monoisotopic (exact) mass is 184 g/mol. The molecule has 0 aromatic carbocycles. The SMILES string of the molecule is CC(C)CC(NN)c1cccs1. The first-order valence-corrected chi connectivity index (χ1v) is 5.11. The van der Waals surface area contributed by atoms with Crippen molar-refractivity contribution in [1.82, 2.24) is 5.43 Å². The summed E-state index contributed by atoms with van der Waals surface area (Å²) < 4.78 is 0. The van der Waals surface area contributed by atoms with E-state index in [1.165, 1.54) is 4.88 Å². The molecule has 0 saturated carbocycles. The number of nitrogens with one attached hydrogen (secondary N) is 1. The van der Waals surface area contributed by atoms with E-state index in [0.717, 1.165) is 6.42 Å². The first-order chi connectivity index (χ1) is 5.74. The molecule has 0 spiro atoms. The van der Waals surface area contributed by atoms with Crippen LogP contribution >= 0.6 is 11.3 Å². The predicted octanol–water partition coefficient (Wildman–Crippen LogP) is 2.30. The average molecular weight is 184 g/mol. The summed E-state index contributed by atoms with van der Waals surface area (Å²) in [5.41, 5.74) is 2.85. The smallest absolute Gasteiger partial charge is 0.0555 e. The van der Waals surface area contributed by atoms with Gasteiger partial charge in [0.15, 0.2) is 0 Å². The van der Waals surface area contributed by atoms with Crippen LogP contribution in [0.1, 0.15) is 31.2 Å². The summed E-state index contributed by atoms with van der Waals surface area (Å²) in [4.78, 5) is 1.33.